The van der Waals surface area contributed by atoms with Crippen LogP contribution in [0, 0.1) is 17.3 Å². The van der Waals surface area contributed by atoms with E-state index in [1.54, 1.807) is 4.68 Å². The molecule has 1 heterocycles. The Morgan fingerprint density at radius 1 is 1.14 bits per heavy atom. The minimum atomic E-state index is -4.37. The Balaban J connectivity index is 0.000000265. The number of fused-ring (bicyclic) bond motifs is 1. The number of carbonyl (C=O) groups is 2. The summed E-state index contributed by atoms with van der Waals surface area (Å²) in [5.41, 5.74) is 7.84. The smallest absolute Gasteiger partial charge is 0.416 e. The Morgan fingerprint density at radius 3 is 2.27 bits per heavy atom. The van der Waals surface area contributed by atoms with Gasteiger partial charge in [0.25, 0.3) is 5.91 Å². The van der Waals surface area contributed by atoms with Gasteiger partial charge in [0.2, 0.25) is 0 Å². The van der Waals surface area contributed by atoms with E-state index in [0.29, 0.717) is 35.2 Å². The number of nitrogens with two attached hydrogens (primary N) is 1. The highest BCUT2D eigenvalue weighted by Gasteiger charge is 2.50. The molecule has 2 aromatic carbocycles. The Morgan fingerprint density at radius 2 is 1.78 bits per heavy atom. The predicted octanol–water partition coefficient (Wildman–Crippen LogP) is 6.05. The first-order chi connectivity index (χ1) is 17.4. The number of benzene rings is 2. The lowest BCUT2D eigenvalue weighted by Gasteiger charge is -2.52. The normalized spacial score (nSPS) is 16.7. The zero-order valence-electron chi connectivity index (χ0n) is 21.0. The van der Waals surface area contributed by atoms with Crippen LogP contribution in [0.4, 0.5) is 13.2 Å². The van der Waals surface area contributed by atoms with Crippen molar-refractivity contribution in [2.45, 2.75) is 65.1 Å². The van der Waals surface area contributed by atoms with Gasteiger partial charge >= 0.3 is 12.1 Å². The second-order valence-corrected chi connectivity index (χ2v) is 10.8. The van der Waals surface area contributed by atoms with E-state index in [4.69, 9.17) is 10.8 Å². The molecule has 198 valence electrons. The number of carboxylic acids is 1. The second kappa shape index (κ2) is 10.2. The Kier molecular flexibility index (Phi) is 7.35. The van der Waals surface area contributed by atoms with Gasteiger partial charge in [0.1, 0.15) is 0 Å². The molecule has 1 spiro atoms. The molecule has 0 unspecified atom stereocenters. The van der Waals surface area contributed by atoms with Gasteiger partial charge in [-0.05, 0) is 72.8 Å². The fourth-order valence-corrected chi connectivity index (χ4v) is 5.38. The minimum Gasteiger partial charge on any atom is -0.481 e. The molecule has 5 rings (SSSR count). The first kappa shape index (κ1) is 26.7. The number of primary amides is 1. The summed E-state index contributed by atoms with van der Waals surface area (Å²) >= 11 is 0. The Hall–Kier alpha value is -3.36. The third-order valence-electron chi connectivity index (χ3n) is 7.43. The van der Waals surface area contributed by atoms with Gasteiger partial charge in [0.05, 0.1) is 17.0 Å². The van der Waals surface area contributed by atoms with Gasteiger partial charge in [-0.1, -0.05) is 44.5 Å². The largest absolute Gasteiger partial charge is 0.481 e. The van der Waals surface area contributed by atoms with Crippen LogP contribution in [0.3, 0.4) is 0 Å². The van der Waals surface area contributed by atoms with Gasteiger partial charge in [-0.15, -0.1) is 0 Å². The summed E-state index contributed by atoms with van der Waals surface area (Å²) in [4.78, 5) is 22.3. The van der Waals surface area contributed by atoms with Gasteiger partial charge in [0, 0.05) is 11.9 Å². The van der Waals surface area contributed by atoms with Crippen molar-refractivity contribution in [1.29, 1.82) is 0 Å². The maximum atomic E-state index is 12.7. The fraction of sp³-hybridized carbons (Fsp3) is 0.464. The van der Waals surface area contributed by atoms with Crippen molar-refractivity contribution in [1.82, 2.24) is 9.78 Å². The molecule has 2 fully saturated rings. The quantitative estimate of drug-likeness (QED) is 0.417. The molecule has 0 atom stereocenters. The van der Waals surface area contributed by atoms with Gasteiger partial charge in [-0.25, -0.2) is 0 Å². The standard InChI is InChI=1S/C20H20F3N3O.C8H12O2/c1-12(2)11-26-16-5-3-4-14(17(16)18(25-26)19(24)27)10-13-6-8-15(9-7-13)20(21,22)23;9-7(10)6-4-8(5-6)2-1-3-8/h3-9,12H,10-11H2,1-2H3,(H2,24,27);6H,1-5H2,(H,9,10). The van der Waals surface area contributed by atoms with E-state index in [0.717, 1.165) is 36.1 Å². The number of halogens is 3. The molecule has 37 heavy (non-hydrogen) atoms. The summed E-state index contributed by atoms with van der Waals surface area (Å²) < 4.78 is 40.0. The first-order valence-corrected chi connectivity index (χ1v) is 12.6. The number of carbonyl (C=O) groups excluding carboxylic acids is 1. The van der Waals surface area contributed by atoms with E-state index in [9.17, 15) is 22.8 Å². The van der Waals surface area contributed by atoms with Gasteiger partial charge in [0.15, 0.2) is 5.69 Å². The van der Waals surface area contributed by atoms with E-state index < -0.39 is 23.6 Å². The SMILES string of the molecule is CC(C)Cn1nc(C(N)=O)c2c(Cc3ccc(C(F)(F)F)cc3)cccc21.O=C(O)C1CC2(CCC2)C1. The molecular formula is C28H32F3N3O3. The molecule has 2 saturated carbocycles. The van der Waals surface area contributed by atoms with E-state index in [2.05, 4.69) is 5.10 Å². The summed E-state index contributed by atoms with van der Waals surface area (Å²) in [6.07, 6.45) is 1.84. The Bertz CT molecular complexity index is 1280. The zero-order valence-corrected chi connectivity index (χ0v) is 21.0. The van der Waals surface area contributed by atoms with Crippen LogP contribution in [0.15, 0.2) is 42.5 Å². The van der Waals surface area contributed by atoms with Crippen LogP contribution < -0.4 is 5.73 Å². The third-order valence-corrected chi connectivity index (χ3v) is 7.43. The minimum absolute atomic E-state index is 0.000278. The lowest BCUT2D eigenvalue weighted by Crippen LogP contribution is -2.45. The van der Waals surface area contributed by atoms with Crippen molar-refractivity contribution in [3.63, 3.8) is 0 Å². The molecule has 0 aliphatic heterocycles. The second-order valence-electron chi connectivity index (χ2n) is 10.8. The number of rotatable bonds is 6. The maximum absolute atomic E-state index is 12.7. The summed E-state index contributed by atoms with van der Waals surface area (Å²) in [5, 5.41) is 13.6. The number of amides is 1. The van der Waals surface area contributed by atoms with Gasteiger partial charge < -0.3 is 10.8 Å². The number of alkyl halides is 3. The highest BCUT2D eigenvalue weighted by Crippen LogP contribution is 2.58. The molecule has 1 aromatic heterocycles. The summed E-state index contributed by atoms with van der Waals surface area (Å²) in [5.74, 6) is -0.882. The maximum Gasteiger partial charge on any atom is 0.416 e. The van der Waals surface area contributed by atoms with Crippen molar-refractivity contribution in [3.05, 3.63) is 64.8 Å². The van der Waals surface area contributed by atoms with Crippen LogP contribution in [-0.4, -0.2) is 26.8 Å². The third kappa shape index (κ3) is 5.81. The van der Waals surface area contributed by atoms with Crippen molar-refractivity contribution < 1.29 is 27.9 Å². The van der Waals surface area contributed by atoms with Crippen LogP contribution >= 0.6 is 0 Å². The van der Waals surface area contributed by atoms with Gasteiger partial charge in [-0.3, -0.25) is 14.3 Å². The summed E-state index contributed by atoms with van der Waals surface area (Å²) in [7, 11) is 0. The van der Waals surface area contributed by atoms with Crippen molar-refractivity contribution >= 4 is 22.8 Å². The molecule has 0 saturated heterocycles. The molecule has 9 heteroatoms. The molecule has 2 aliphatic rings. The van der Waals surface area contributed by atoms with Crippen LogP contribution in [0.2, 0.25) is 0 Å². The van der Waals surface area contributed by atoms with Crippen molar-refractivity contribution in [3.8, 4) is 0 Å². The molecular weight excluding hydrogens is 483 g/mol. The van der Waals surface area contributed by atoms with Crippen LogP contribution in [0.1, 0.15) is 73.1 Å². The first-order valence-electron chi connectivity index (χ1n) is 12.6. The van der Waals surface area contributed by atoms with E-state index in [1.165, 1.54) is 31.4 Å². The van der Waals surface area contributed by atoms with Crippen molar-refractivity contribution in [2.24, 2.45) is 23.0 Å². The molecule has 6 nitrogen and oxygen atoms in total. The average molecular weight is 516 g/mol. The topological polar surface area (TPSA) is 98.2 Å². The molecule has 3 aromatic rings. The summed E-state index contributed by atoms with van der Waals surface area (Å²) in [6, 6.07) is 10.6. The predicted molar refractivity (Wildman–Crippen MR) is 134 cm³/mol. The van der Waals surface area contributed by atoms with E-state index in [-0.39, 0.29) is 11.6 Å². The number of hydrogen-bond acceptors (Lipinski definition) is 3. The zero-order chi connectivity index (χ0) is 27.0. The number of aromatic nitrogens is 2. The number of carboxylic acid groups (broad SMARTS) is 1. The number of aliphatic carboxylic acids is 1. The molecule has 2 aliphatic carbocycles. The Labute approximate surface area is 213 Å². The van der Waals surface area contributed by atoms with E-state index >= 15 is 0 Å². The lowest BCUT2D eigenvalue weighted by atomic mass is 9.52. The van der Waals surface area contributed by atoms with Crippen LogP contribution in [-0.2, 0) is 23.9 Å². The van der Waals surface area contributed by atoms with E-state index in [1.807, 2.05) is 32.0 Å². The van der Waals surface area contributed by atoms with Crippen LogP contribution in [0.25, 0.3) is 10.9 Å². The van der Waals surface area contributed by atoms with Gasteiger partial charge in [-0.2, -0.15) is 18.3 Å². The highest BCUT2D eigenvalue weighted by atomic mass is 19.4. The molecule has 0 radical (unpaired) electrons. The highest BCUT2D eigenvalue weighted by molar-refractivity contribution is 6.05. The molecule has 3 N–H and O–H groups in total. The monoisotopic (exact) mass is 515 g/mol. The number of nitrogens with zero attached hydrogens (tertiary/aromatic N) is 2. The summed E-state index contributed by atoms with van der Waals surface area (Å²) in [6.45, 7) is 4.72. The average Bonchev–Trinajstić information content (AvgIpc) is 3.11. The van der Waals surface area contributed by atoms with Crippen molar-refractivity contribution in [2.75, 3.05) is 0 Å². The van der Waals surface area contributed by atoms with Crippen LogP contribution in [0.5, 0.6) is 0 Å². The number of hydrogen-bond donors (Lipinski definition) is 2. The lowest BCUT2D eigenvalue weighted by molar-refractivity contribution is -0.154. The molecule has 0 bridgehead atoms. The fourth-order valence-electron chi connectivity index (χ4n) is 5.38. The molecule has 1 amide bonds.